The van der Waals surface area contributed by atoms with Crippen LogP contribution in [0.15, 0.2) is 18.2 Å². The van der Waals surface area contributed by atoms with Crippen molar-refractivity contribution in [3.05, 3.63) is 29.6 Å². The van der Waals surface area contributed by atoms with Crippen LogP contribution < -0.4 is 4.65 Å². The fourth-order valence-corrected chi connectivity index (χ4v) is 1.47. The average molecular weight is 210 g/mol. The summed E-state index contributed by atoms with van der Waals surface area (Å²) in [6.07, 6.45) is 4.30. The smallest absolute Gasteiger partial charge is 0.504 e. The van der Waals surface area contributed by atoms with Crippen molar-refractivity contribution >= 4 is 7.69 Å². The van der Waals surface area contributed by atoms with Crippen LogP contribution in [0.1, 0.15) is 31.7 Å². The number of halogens is 1. The molecule has 1 aromatic rings. The van der Waals surface area contributed by atoms with E-state index in [-0.39, 0.29) is 5.75 Å². The van der Waals surface area contributed by atoms with Crippen LogP contribution in [-0.2, 0) is 6.42 Å². The molecule has 0 saturated carbocycles. The molecule has 0 radical (unpaired) electrons. The summed E-state index contributed by atoms with van der Waals surface area (Å²) >= 11 is 0. The maximum Gasteiger partial charge on any atom is 0.504 e. The molecule has 82 valence electrons. The molecule has 1 rings (SSSR count). The van der Waals surface area contributed by atoms with E-state index in [1.54, 1.807) is 6.07 Å². The van der Waals surface area contributed by atoms with Gasteiger partial charge in [-0.2, -0.15) is 0 Å². The summed E-state index contributed by atoms with van der Waals surface area (Å²) < 4.78 is 18.0. The van der Waals surface area contributed by atoms with Gasteiger partial charge < -0.3 is 9.68 Å². The lowest BCUT2D eigenvalue weighted by atomic mass is 10.1. The van der Waals surface area contributed by atoms with Gasteiger partial charge in [0.05, 0.1) is 0 Å². The molecule has 0 bridgehead atoms. The largest absolute Gasteiger partial charge is 0.537 e. The van der Waals surface area contributed by atoms with Crippen molar-refractivity contribution in [1.82, 2.24) is 0 Å². The van der Waals surface area contributed by atoms with Crippen LogP contribution in [0.4, 0.5) is 4.39 Å². The van der Waals surface area contributed by atoms with Gasteiger partial charge in [0, 0.05) is 0 Å². The van der Waals surface area contributed by atoms with Gasteiger partial charge in [0.1, 0.15) is 5.75 Å². The second-order valence-corrected chi connectivity index (χ2v) is 3.50. The van der Waals surface area contributed by atoms with Gasteiger partial charge in [-0.25, -0.2) is 4.39 Å². The van der Waals surface area contributed by atoms with E-state index in [0.29, 0.717) is 0 Å². The molecule has 0 heterocycles. The Morgan fingerprint density at radius 1 is 1.40 bits per heavy atom. The van der Waals surface area contributed by atoms with E-state index in [1.807, 2.05) is 6.07 Å². The van der Waals surface area contributed by atoms with E-state index in [2.05, 4.69) is 6.92 Å². The van der Waals surface area contributed by atoms with E-state index < -0.39 is 13.5 Å². The average Bonchev–Trinajstić information content (AvgIpc) is 2.23. The van der Waals surface area contributed by atoms with Gasteiger partial charge in [-0.15, -0.1) is 0 Å². The van der Waals surface area contributed by atoms with E-state index >= 15 is 0 Å². The highest BCUT2D eigenvalue weighted by molar-refractivity contribution is 6.17. The molecule has 0 fully saturated rings. The Morgan fingerprint density at radius 2 is 2.20 bits per heavy atom. The molecule has 0 saturated heterocycles. The lowest BCUT2D eigenvalue weighted by molar-refractivity contribution is 0.431. The molecular formula is C11H16BFO2. The number of hydrogen-bond donors (Lipinski definition) is 1. The van der Waals surface area contributed by atoms with E-state index in [1.165, 1.54) is 6.07 Å². The minimum Gasteiger partial charge on any atom is -0.537 e. The zero-order valence-corrected chi connectivity index (χ0v) is 9.00. The van der Waals surface area contributed by atoms with Gasteiger partial charge in [-0.3, -0.25) is 0 Å². The fraction of sp³-hybridized carbons (Fsp3) is 0.455. The highest BCUT2D eigenvalue weighted by Gasteiger charge is 2.04. The molecule has 15 heavy (non-hydrogen) atoms. The Bertz CT molecular complexity index is 305. The normalized spacial score (nSPS) is 10.1. The van der Waals surface area contributed by atoms with Crippen LogP contribution in [0.25, 0.3) is 0 Å². The zero-order valence-electron chi connectivity index (χ0n) is 9.00. The summed E-state index contributed by atoms with van der Waals surface area (Å²) in [6, 6.07) is 4.87. The molecule has 0 spiro atoms. The third-order valence-corrected chi connectivity index (χ3v) is 2.29. The topological polar surface area (TPSA) is 29.5 Å². The van der Waals surface area contributed by atoms with Gasteiger partial charge in [0.25, 0.3) is 0 Å². The third-order valence-electron chi connectivity index (χ3n) is 2.29. The van der Waals surface area contributed by atoms with Crippen molar-refractivity contribution in [2.24, 2.45) is 0 Å². The Labute approximate surface area is 90.4 Å². The molecule has 1 aromatic carbocycles. The lowest BCUT2D eigenvalue weighted by Crippen LogP contribution is -2.02. The molecule has 0 atom stereocenters. The predicted octanol–water partition coefficient (Wildman–Crippen LogP) is 2.20. The molecular weight excluding hydrogens is 194 g/mol. The number of aryl methyl sites for hydroxylation is 1. The summed E-state index contributed by atoms with van der Waals surface area (Å²) in [5.41, 5.74) is 0.978. The molecule has 0 aliphatic heterocycles. The first-order chi connectivity index (χ1) is 7.27. The molecule has 1 N–H and O–H groups in total. The summed E-state index contributed by atoms with van der Waals surface area (Å²) in [6.45, 7) is 2.14. The summed E-state index contributed by atoms with van der Waals surface area (Å²) in [4.78, 5) is 0. The van der Waals surface area contributed by atoms with Gasteiger partial charge in [0.2, 0.25) is 0 Å². The number of rotatable bonds is 6. The molecule has 0 aliphatic rings. The first-order valence-corrected chi connectivity index (χ1v) is 5.30. The molecule has 0 unspecified atom stereocenters. The van der Waals surface area contributed by atoms with Crippen LogP contribution >= 0.6 is 0 Å². The van der Waals surface area contributed by atoms with Crippen molar-refractivity contribution in [1.29, 1.82) is 0 Å². The number of hydrogen-bond acceptors (Lipinski definition) is 2. The summed E-state index contributed by atoms with van der Waals surface area (Å²) in [5, 5.41) is 8.50. The van der Waals surface area contributed by atoms with E-state index in [9.17, 15) is 4.39 Å². The second kappa shape index (κ2) is 6.46. The van der Waals surface area contributed by atoms with Gasteiger partial charge in [-0.1, -0.05) is 25.8 Å². The van der Waals surface area contributed by atoms with Crippen LogP contribution in [0.5, 0.6) is 5.75 Å². The first-order valence-electron chi connectivity index (χ1n) is 5.30. The quantitative estimate of drug-likeness (QED) is 0.576. The van der Waals surface area contributed by atoms with Crippen molar-refractivity contribution in [2.75, 3.05) is 0 Å². The van der Waals surface area contributed by atoms with Gasteiger partial charge in [0.15, 0.2) is 5.82 Å². The van der Waals surface area contributed by atoms with Gasteiger partial charge >= 0.3 is 7.69 Å². The summed E-state index contributed by atoms with van der Waals surface area (Å²) in [5.74, 6) is -0.296. The zero-order chi connectivity index (χ0) is 11.1. The van der Waals surface area contributed by atoms with E-state index in [4.69, 9.17) is 9.68 Å². The van der Waals surface area contributed by atoms with Gasteiger partial charge in [-0.05, 0) is 30.5 Å². The Balaban J connectivity index is 2.56. The summed E-state index contributed by atoms with van der Waals surface area (Å²) in [7, 11) is -0.494. The minimum atomic E-state index is -0.494. The van der Waals surface area contributed by atoms with Crippen molar-refractivity contribution in [2.45, 2.75) is 32.6 Å². The van der Waals surface area contributed by atoms with Crippen LogP contribution in [-0.4, -0.2) is 12.7 Å². The van der Waals surface area contributed by atoms with E-state index in [0.717, 1.165) is 31.2 Å². The maximum absolute atomic E-state index is 13.3. The Morgan fingerprint density at radius 3 is 2.80 bits per heavy atom. The van der Waals surface area contributed by atoms with Crippen molar-refractivity contribution < 1.29 is 14.1 Å². The highest BCUT2D eigenvalue weighted by atomic mass is 19.1. The molecule has 2 nitrogen and oxygen atoms in total. The first kappa shape index (κ1) is 12.0. The predicted molar refractivity (Wildman–Crippen MR) is 59.6 cm³/mol. The monoisotopic (exact) mass is 210 g/mol. The third kappa shape index (κ3) is 3.92. The molecule has 0 aromatic heterocycles. The number of unbranched alkanes of at least 4 members (excludes halogenated alkanes) is 2. The van der Waals surface area contributed by atoms with Crippen molar-refractivity contribution in [3.8, 4) is 5.75 Å². The Kier molecular flexibility index (Phi) is 5.19. The minimum absolute atomic E-state index is 0.108. The standard InChI is InChI=1S/C11H16BFO2/c1-2-3-4-5-9-6-7-11(15-12-14)10(13)8-9/h6-8,12,14H,2-5H2,1H3. The molecule has 0 aliphatic carbocycles. The van der Waals surface area contributed by atoms with Crippen LogP contribution in [0.2, 0.25) is 0 Å². The fourth-order valence-electron chi connectivity index (χ4n) is 1.47. The SMILES string of the molecule is CCCCCc1ccc(OBO)c(F)c1. The molecule has 4 heteroatoms. The maximum atomic E-state index is 13.3. The molecule has 0 amide bonds. The number of benzene rings is 1. The Hall–Kier alpha value is -1.03. The second-order valence-electron chi connectivity index (χ2n) is 3.50. The highest BCUT2D eigenvalue weighted by Crippen LogP contribution is 2.19. The van der Waals surface area contributed by atoms with Crippen molar-refractivity contribution in [3.63, 3.8) is 0 Å². The van der Waals surface area contributed by atoms with Crippen LogP contribution in [0.3, 0.4) is 0 Å². The lowest BCUT2D eigenvalue weighted by Gasteiger charge is -2.06. The van der Waals surface area contributed by atoms with Crippen LogP contribution in [0, 0.1) is 5.82 Å².